The van der Waals surface area contributed by atoms with E-state index in [1.807, 2.05) is 6.92 Å². The normalized spacial score (nSPS) is 28.0. The van der Waals surface area contributed by atoms with Crippen molar-refractivity contribution < 1.29 is 9.84 Å². The van der Waals surface area contributed by atoms with E-state index in [0.29, 0.717) is 23.4 Å². The van der Waals surface area contributed by atoms with Crippen molar-refractivity contribution in [1.29, 1.82) is 0 Å². The highest BCUT2D eigenvalue weighted by atomic mass is 16.5. The highest BCUT2D eigenvalue weighted by molar-refractivity contribution is 5.81. The van der Waals surface area contributed by atoms with Crippen LogP contribution in [0.5, 0.6) is 0 Å². The van der Waals surface area contributed by atoms with Gasteiger partial charge in [-0.25, -0.2) is 15.0 Å². The van der Waals surface area contributed by atoms with E-state index in [-0.39, 0.29) is 12.3 Å². The van der Waals surface area contributed by atoms with Crippen LogP contribution in [0, 0.1) is 0 Å². The summed E-state index contributed by atoms with van der Waals surface area (Å²) in [5.41, 5.74) is 6.93. The van der Waals surface area contributed by atoms with Gasteiger partial charge in [0.15, 0.2) is 11.5 Å². The predicted molar refractivity (Wildman–Crippen MR) is 64.6 cm³/mol. The van der Waals surface area contributed by atoms with Crippen LogP contribution in [0.3, 0.4) is 0 Å². The van der Waals surface area contributed by atoms with E-state index in [1.54, 1.807) is 10.9 Å². The predicted octanol–water partition coefficient (Wildman–Crippen LogP) is 0.467. The van der Waals surface area contributed by atoms with Gasteiger partial charge in [0.05, 0.1) is 18.5 Å². The van der Waals surface area contributed by atoms with Gasteiger partial charge in [0.2, 0.25) is 0 Å². The third-order valence-corrected chi connectivity index (χ3v) is 3.30. The Hall–Kier alpha value is -1.73. The van der Waals surface area contributed by atoms with Gasteiger partial charge in [-0.05, 0) is 6.42 Å². The number of nitrogens with zero attached hydrogens (tertiary/aromatic N) is 4. The van der Waals surface area contributed by atoms with Gasteiger partial charge in [0.25, 0.3) is 0 Å². The second-order valence-electron chi connectivity index (χ2n) is 4.42. The molecule has 1 fully saturated rings. The zero-order valence-corrected chi connectivity index (χ0v) is 10.0. The Kier molecular flexibility index (Phi) is 2.64. The Balaban J connectivity index is 1.99. The summed E-state index contributed by atoms with van der Waals surface area (Å²) >= 11 is 0. The van der Waals surface area contributed by atoms with Gasteiger partial charge in [-0.3, -0.25) is 4.57 Å². The molecule has 2 aromatic rings. The monoisotopic (exact) mass is 249 g/mol. The molecule has 7 heteroatoms. The van der Waals surface area contributed by atoms with Crippen LogP contribution >= 0.6 is 0 Å². The molecule has 0 aliphatic carbocycles. The summed E-state index contributed by atoms with van der Waals surface area (Å²) < 4.78 is 7.58. The standard InChI is InChI=1S/C11H15N5O2/c1-2-7-6(17)3-8(18-7)16-5-15-9-10(12)13-4-14-11(9)16/h4-8,17H,2-3H2,1H3,(H2,12,13,14)/t6-,7+,8+/m0/s1. The smallest absolute Gasteiger partial charge is 0.167 e. The molecule has 0 saturated carbocycles. The lowest BCUT2D eigenvalue weighted by molar-refractivity contribution is -0.0183. The van der Waals surface area contributed by atoms with Gasteiger partial charge in [-0.15, -0.1) is 0 Å². The van der Waals surface area contributed by atoms with Crippen LogP contribution in [-0.4, -0.2) is 36.8 Å². The largest absolute Gasteiger partial charge is 0.390 e. The number of hydrogen-bond acceptors (Lipinski definition) is 6. The number of nitrogens with two attached hydrogens (primary N) is 1. The number of rotatable bonds is 2. The maximum absolute atomic E-state index is 9.87. The first-order chi connectivity index (χ1) is 8.70. The van der Waals surface area contributed by atoms with Crippen molar-refractivity contribution in [2.75, 3.05) is 5.73 Å². The maximum Gasteiger partial charge on any atom is 0.167 e. The van der Waals surface area contributed by atoms with Gasteiger partial charge in [-0.2, -0.15) is 0 Å². The van der Waals surface area contributed by atoms with Crippen LogP contribution in [0.4, 0.5) is 5.82 Å². The maximum atomic E-state index is 9.87. The van der Waals surface area contributed by atoms with Gasteiger partial charge in [0, 0.05) is 6.42 Å². The molecule has 3 heterocycles. The summed E-state index contributed by atoms with van der Waals surface area (Å²) in [5, 5.41) is 9.87. The topological polar surface area (TPSA) is 99.1 Å². The number of aliphatic hydroxyl groups is 1. The molecule has 0 spiro atoms. The van der Waals surface area contributed by atoms with Crippen LogP contribution in [0.15, 0.2) is 12.7 Å². The van der Waals surface area contributed by atoms with Crippen molar-refractivity contribution in [2.24, 2.45) is 0 Å². The molecule has 3 rings (SSSR count). The fourth-order valence-electron chi connectivity index (χ4n) is 2.33. The van der Waals surface area contributed by atoms with Gasteiger partial charge >= 0.3 is 0 Å². The summed E-state index contributed by atoms with van der Waals surface area (Å²) in [6.45, 7) is 1.99. The third kappa shape index (κ3) is 1.63. The van der Waals surface area contributed by atoms with Crippen molar-refractivity contribution in [3.63, 3.8) is 0 Å². The van der Waals surface area contributed by atoms with E-state index in [1.165, 1.54) is 6.33 Å². The minimum absolute atomic E-state index is 0.133. The van der Waals surface area contributed by atoms with Crippen molar-refractivity contribution in [1.82, 2.24) is 19.5 Å². The van der Waals surface area contributed by atoms with Crippen molar-refractivity contribution >= 4 is 17.0 Å². The molecule has 0 radical (unpaired) electrons. The first-order valence-corrected chi connectivity index (χ1v) is 5.97. The van der Waals surface area contributed by atoms with E-state index >= 15 is 0 Å². The molecule has 0 aromatic carbocycles. The molecule has 96 valence electrons. The van der Waals surface area contributed by atoms with E-state index in [0.717, 1.165) is 6.42 Å². The Morgan fingerprint density at radius 1 is 1.50 bits per heavy atom. The molecule has 1 aliphatic rings. The minimum atomic E-state index is -0.448. The second kappa shape index (κ2) is 4.18. The van der Waals surface area contributed by atoms with Crippen LogP contribution in [0.25, 0.3) is 11.2 Å². The molecule has 2 aromatic heterocycles. The van der Waals surface area contributed by atoms with Crippen molar-refractivity contribution in [2.45, 2.75) is 38.2 Å². The van der Waals surface area contributed by atoms with Gasteiger partial charge < -0.3 is 15.6 Å². The van der Waals surface area contributed by atoms with Gasteiger partial charge in [0.1, 0.15) is 18.1 Å². The number of aromatic nitrogens is 4. The number of fused-ring (bicyclic) bond motifs is 1. The highest BCUT2D eigenvalue weighted by Crippen LogP contribution is 2.32. The fraction of sp³-hybridized carbons (Fsp3) is 0.545. The molecule has 3 N–H and O–H groups in total. The Morgan fingerprint density at radius 3 is 3.06 bits per heavy atom. The number of imidazole rings is 1. The van der Waals surface area contributed by atoms with E-state index in [2.05, 4.69) is 15.0 Å². The number of hydrogen-bond donors (Lipinski definition) is 2. The molecule has 0 unspecified atom stereocenters. The van der Waals surface area contributed by atoms with Crippen molar-refractivity contribution in [3.8, 4) is 0 Å². The van der Waals surface area contributed by atoms with Crippen LogP contribution in [0.2, 0.25) is 0 Å². The average Bonchev–Trinajstić information content (AvgIpc) is 2.93. The third-order valence-electron chi connectivity index (χ3n) is 3.30. The van der Waals surface area contributed by atoms with E-state index in [9.17, 15) is 5.11 Å². The lowest BCUT2D eigenvalue weighted by Gasteiger charge is -2.13. The minimum Gasteiger partial charge on any atom is -0.390 e. The number of ether oxygens (including phenoxy) is 1. The van der Waals surface area contributed by atoms with Crippen LogP contribution in [-0.2, 0) is 4.74 Å². The molecule has 0 amide bonds. The summed E-state index contributed by atoms with van der Waals surface area (Å²) in [6, 6.07) is 0. The Labute approximate surface area is 104 Å². The lowest BCUT2D eigenvalue weighted by atomic mass is 10.1. The molecule has 7 nitrogen and oxygen atoms in total. The molecular weight excluding hydrogens is 234 g/mol. The Morgan fingerprint density at radius 2 is 2.33 bits per heavy atom. The summed E-state index contributed by atoms with van der Waals surface area (Å²) in [4.78, 5) is 12.3. The number of nitrogen functional groups attached to an aromatic ring is 1. The number of aliphatic hydroxyl groups excluding tert-OH is 1. The lowest BCUT2D eigenvalue weighted by Crippen LogP contribution is -2.19. The second-order valence-corrected chi connectivity index (χ2v) is 4.42. The first-order valence-electron chi connectivity index (χ1n) is 5.97. The molecule has 3 atom stereocenters. The first kappa shape index (κ1) is 11.4. The molecular formula is C11H15N5O2. The molecule has 1 saturated heterocycles. The van der Waals surface area contributed by atoms with Crippen LogP contribution < -0.4 is 5.73 Å². The SMILES string of the molecule is CC[C@H]1O[C@@H](n2cnc3c(N)ncnc32)C[C@@H]1O. The molecule has 18 heavy (non-hydrogen) atoms. The fourth-order valence-corrected chi connectivity index (χ4v) is 2.33. The van der Waals surface area contributed by atoms with Crippen LogP contribution in [0.1, 0.15) is 26.0 Å². The quantitative estimate of drug-likeness (QED) is 0.802. The Bertz CT molecular complexity index is 570. The zero-order chi connectivity index (χ0) is 12.7. The summed E-state index contributed by atoms with van der Waals surface area (Å²) in [5.74, 6) is 0.351. The van der Waals surface area contributed by atoms with Crippen molar-refractivity contribution in [3.05, 3.63) is 12.7 Å². The zero-order valence-electron chi connectivity index (χ0n) is 10.0. The average molecular weight is 249 g/mol. The molecule has 0 bridgehead atoms. The summed E-state index contributed by atoms with van der Waals surface area (Å²) in [7, 11) is 0. The highest BCUT2D eigenvalue weighted by Gasteiger charge is 2.34. The number of anilines is 1. The summed E-state index contributed by atoms with van der Waals surface area (Å²) in [6.07, 6.45) is 3.52. The van der Waals surface area contributed by atoms with E-state index in [4.69, 9.17) is 10.5 Å². The van der Waals surface area contributed by atoms with Gasteiger partial charge in [-0.1, -0.05) is 6.92 Å². The molecule has 1 aliphatic heterocycles. The van der Waals surface area contributed by atoms with E-state index < -0.39 is 6.10 Å².